The third-order valence-corrected chi connectivity index (χ3v) is 4.59. The van der Waals surface area contributed by atoms with Crippen molar-refractivity contribution in [2.75, 3.05) is 14.2 Å². The van der Waals surface area contributed by atoms with Gasteiger partial charge in [-0.25, -0.2) is 0 Å². The van der Waals surface area contributed by atoms with Crippen molar-refractivity contribution in [2.45, 2.75) is 4.90 Å². The van der Waals surface area contributed by atoms with Crippen LogP contribution in [-0.2, 0) is 10.1 Å². The molecule has 0 amide bonds. The number of methoxy groups -OCH3 is 2. The van der Waals surface area contributed by atoms with E-state index in [1.165, 1.54) is 38.5 Å². The van der Waals surface area contributed by atoms with Crippen molar-refractivity contribution in [3.63, 3.8) is 0 Å². The number of para-hydroxylation sites is 1. The monoisotopic (exact) mass is 362 g/mol. The SMILES string of the molecule is COc1ccc(OC)c(S(=O)(=O)Oc2c(Cl)cccc2Cl)c1. The average Bonchev–Trinajstić information content (AvgIpc) is 2.50. The molecule has 118 valence electrons. The standard InChI is InChI=1S/C14H12Cl2O5S/c1-19-9-6-7-12(20-2)13(8-9)22(17,18)21-14-10(15)4-3-5-11(14)16/h3-8H,1-2H3. The van der Waals surface area contributed by atoms with Crippen LogP contribution in [0.15, 0.2) is 41.3 Å². The van der Waals surface area contributed by atoms with Crippen LogP contribution in [0.2, 0.25) is 10.0 Å². The van der Waals surface area contributed by atoms with Gasteiger partial charge in [-0.15, -0.1) is 0 Å². The molecule has 0 aromatic heterocycles. The molecule has 0 spiro atoms. The number of rotatable bonds is 5. The van der Waals surface area contributed by atoms with Gasteiger partial charge in [-0.1, -0.05) is 29.3 Å². The number of ether oxygens (including phenoxy) is 2. The van der Waals surface area contributed by atoms with Crippen molar-refractivity contribution < 1.29 is 22.1 Å². The van der Waals surface area contributed by atoms with Gasteiger partial charge in [0.15, 0.2) is 10.6 Å². The Morgan fingerprint density at radius 1 is 0.955 bits per heavy atom. The zero-order valence-electron chi connectivity index (χ0n) is 11.7. The summed E-state index contributed by atoms with van der Waals surface area (Å²) in [4.78, 5) is -0.190. The van der Waals surface area contributed by atoms with E-state index in [1.807, 2.05) is 0 Å². The first-order valence-electron chi connectivity index (χ1n) is 5.99. The van der Waals surface area contributed by atoms with E-state index in [2.05, 4.69) is 0 Å². The molecule has 2 aromatic rings. The van der Waals surface area contributed by atoms with Crippen LogP contribution in [0.1, 0.15) is 0 Å². The van der Waals surface area contributed by atoms with E-state index in [0.717, 1.165) is 0 Å². The molecule has 0 aliphatic rings. The Labute approximate surface area is 138 Å². The fourth-order valence-electron chi connectivity index (χ4n) is 1.70. The molecule has 0 aliphatic carbocycles. The van der Waals surface area contributed by atoms with Crippen LogP contribution >= 0.6 is 23.2 Å². The molecule has 0 fully saturated rings. The van der Waals surface area contributed by atoms with E-state index in [0.29, 0.717) is 5.75 Å². The Morgan fingerprint density at radius 2 is 1.59 bits per heavy atom. The third kappa shape index (κ3) is 3.40. The van der Waals surface area contributed by atoms with Gasteiger partial charge in [0, 0.05) is 6.07 Å². The Morgan fingerprint density at radius 3 is 2.14 bits per heavy atom. The first-order valence-corrected chi connectivity index (χ1v) is 8.16. The van der Waals surface area contributed by atoms with Crippen LogP contribution in [0, 0.1) is 0 Å². The van der Waals surface area contributed by atoms with Crippen LogP contribution in [0.3, 0.4) is 0 Å². The van der Waals surface area contributed by atoms with Crippen molar-refractivity contribution in [1.82, 2.24) is 0 Å². The molecule has 0 saturated heterocycles. The summed E-state index contributed by atoms with van der Waals surface area (Å²) in [6.07, 6.45) is 0. The predicted octanol–water partition coefficient (Wildman–Crippen LogP) is 3.78. The van der Waals surface area contributed by atoms with Gasteiger partial charge < -0.3 is 13.7 Å². The lowest BCUT2D eigenvalue weighted by molar-refractivity contribution is 0.388. The highest BCUT2D eigenvalue weighted by Gasteiger charge is 2.25. The van der Waals surface area contributed by atoms with Gasteiger partial charge in [0.05, 0.1) is 24.3 Å². The predicted molar refractivity (Wildman–Crippen MR) is 83.8 cm³/mol. The molecule has 0 radical (unpaired) electrons. The maximum absolute atomic E-state index is 12.5. The molecule has 0 heterocycles. The Kier molecular flexibility index (Phi) is 5.05. The van der Waals surface area contributed by atoms with Crippen molar-refractivity contribution in [3.05, 3.63) is 46.4 Å². The van der Waals surface area contributed by atoms with Crippen LogP contribution in [0.5, 0.6) is 17.2 Å². The summed E-state index contributed by atoms with van der Waals surface area (Å²) in [5, 5.41) is 0.163. The summed E-state index contributed by atoms with van der Waals surface area (Å²) in [6, 6.07) is 8.85. The van der Waals surface area contributed by atoms with Gasteiger partial charge in [-0.2, -0.15) is 8.42 Å². The van der Waals surface area contributed by atoms with Crippen LogP contribution in [-0.4, -0.2) is 22.6 Å². The highest BCUT2D eigenvalue weighted by Crippen LogP contribution is 2.36. The molecule has 8 heteroatoms. The van der Waals surface area contributed by atoms with E-state index in [9.17, 15) is 8.42 Å². The number of benzene rings is 2. The summed E-state index contributed by atoms with van der Waals surface area (Å²) in [5.74, 6) is 0.313. The van der Waals surface area contributed by atoms with Gasteiger partial charge in [0.2, 0.25) is 0 Å². The second-order valence-corrected chi connectivity index (χ2v) is 6.43. The van der Waals surface area contributed by atoms with E-state index < -0.39 is 10.1 Å². The van der Waals surface area contributed by atoms with E-state index in [1.54, 1.807) is 12.1 Å². The van der Waals surface area contributed by atoms with Crippen LogP contribution in [0.4, 0.5) is 0 Å². The quantitative estimate of drug-likeness (QED) is 0.757. The number of halogens is 2. The molecule has 5 nitrogen and oxygen atoms in total. The number of hydrogen-bond donors (Lipinski definition) is 0. The fraction of sp³-hybridized carbons (Fsp3) is 0.143. The van der Waals surface area contributed by atoms with Crippen molar-refractivity contribution in [3.8, 4) is 17.2 Å². The molecule has 22 heavy (non-hydrogen) atoms. The molecular formula is C14H12Cl2O5S. The summed E-state index contributed by atoms with van der Waals surface area (Å²) >= 11 is 11.9. The van der Waals surface area contributed by atoms with Crippen molar-refractivity contribution >= 4 is 33.3 Å². The zero-order chi connectivity index (χ0) is 16.3. The maximum atomic E-state index is 12.5. The van der Waals surface area contributed by atoms with E-state index in [-0.39, 0.29) is 26.4 Å². The third-order valence-electron chi connectivity index (χ3n) is 2.75. The van der Waals surface area contributed by atoms with Crippen molar-refractivity contribution in [1.29, 1.82) is 0 Å². The normalized spacial score (nSPS) is 11.1. The van der Waals surface area contributed by atoms with Gasteiger partial charge in [0.1, 0.15) is 11.5 Å². The van der Waals surface area contributed by atoms with Crippen molar-refractivity contribution in [2.24, 2.45) is 0 Å². The molecule has 2 aromatic carbocycles. The van der Waals surface area contributed by atoms with Gasteiger partial charge in [-0.05, 0) is 24.3 Å². The smallest absolute Gasteiger partial charge is 0.343 e. The fourth-order valence-corrected chi connectivity index (χ4v) is 3.41. The zero-order valence-corrected chi connectivity index (χ0v) is 14.0. The summed E-state index contributed by atoms with van der Waals surface area (Å²) in [5.41, 5.74) is 0. The molecule has 0 N–H and O–H groups in total. The second kappa shape index (κ2) is 6.64. The summed E-state index contributed by atoms with van der Waals surface area (Å²) in [7, 11) is -1.44. The largest absolute Gasteiger partial charge is 0.497 e. The minimum Gasteiger partial charge on any atom is -0.497 e. The lowest BCUT2D eigenvalue weighted by Gasteiger charge is -2.13. The van der Waals surface area contributed by atoms with E-state index in [4.69, 9.17) is 36.9 Å². The highest BCUT2D eigenvalue weighted by atomic mass is 35.5. The lowest BCUT2D eigenvalue weighted by atomic mass is 10.3. The number of hydrogen-bond acceptors (Lipinski definition) is 5. The Hall–Kier alpha value is -1.63. The second-order valence-electron chi connectivity index (χ2n) is 4.11. The minimum absolute atomic E-state index is 0.0814. The van der Waals surface area contributed by atoms with Gasteiger partial charge in [0.25, 0.3) is 0 Å². The first kappa shape index (κ1) is 16.7. The van der Waals surface area contributed by atoms with Crippen LogP contribution in [0.25, 0.3) is 0 Å². The first-order chi connectivity index (χ1) is 10.4. The Balaban J connectivity index is 2.51. The van der Waals surface area contributed by atoms with Gasteiger partial charge >= 0.3 is 10.1 Å². The van der Waals surface area contributed by atoms with Gasteiger partial charge in [-0.3, -0.25) is 0 Å². The summed E-state index contributed by atoms with van der Waals surface area (Å²) in [6.45, 7) is 0. The molecule has 2 rings (SSSR count). The molecule has 0 atom stereocenters. The molecular weight excluding hydrogens is 351 g/mol. The molecule has 0 bridgehead atoms. The van der Waals surface area contributed by atoms with E-state index >= 15 is 0 Å². The highest BCUT2D eigenvalue weighted by molar-refractivity contribution is 7.87. The lowest BCUT2D eigenvalue weighted by Crippen LogP contribution is -2.12. The van der Waals surface area contributed by atoms with Crippen LogP contribution < -0.4 is 13.7 Å². The summed E-state index contributed by atoms with van der Waals surface area (Å²) < 4.78 is 40.1. The Bertz CT molecular complexity index is 770. The molecule has 0 saturated carbocycles. The molecule has 0 aliphatic heterocycles. The maximum Gasteiger partial charge on any atom is 0.343 e. The average molecular weight is 363 g/mol. The topological polar surface area (TPSA) is 61.8 Å². The minimum atomic E-state index is -4.21. The molecule has 0 unspecified atom stereocenters.